The van der Waals surface area contributed by atoms with Gasteiger partial charge in [-0.05, 0) is 86.0 Å². The van der Waals surface area contributed by atoms with Gasteiger partial charge in [0.1, 0.15) is 28.8 Å². The molecule has 5 N–H and O–H groups in total. The Morgan fingerprint density at radius 2 is 1.43 bits per heavy atom. The third-order valence-electron chi connectivity index (χ3n) is 17.6. The van der Waals surface area contributed by atoms with Crippen LogP contribution >= 0.6 is 0 Å². The van der Waals surface area contributed by atoms with Crippen molar-refractivity contribution in [1.29, 1.82) is 0 Å². The van der Waals surface area contributed by atoms with E-state index in [1.165, 1.54) is 57.9 Å². The molecule has 3 aromatic heterocycles. The number of nitrogens with zero attached hydrogens (tertiary/aromatic N) is 5. The molecule has 480 valence electrons. The summed E-state index contributed by atoms with van der Waals surface area (Å²) in [5.41, 5.74) is -4.84. The molecule has 1 amide bonds. The van der Waals surface area contributed by atoms with Gasteiger partial charge >= 0.3 is 23.9 Å². The second-order valence-electron chi connectivity index (χ2n) is 23.5. The predicted octanol–water partition coefficient (Wildman–Crippen LogP) is 6.44. The number of sulfonamides is 1. The maximum absolute atomic E-state index is 15.5. The smallest absolute Gasteiger partial charge is 0.338 e. The molecular formula is C66H67N7O18S. The third-order valence-corrected chi connectivity index (χ3v) is 19.0. The molecule has 2 saturated carbocycles. The van der Waals surface area contributed by atoms with Gasteiger partial charge in [-0.3, -0.25) is 28.9 Å². The maximum atomic E-state index is 15.5. The Morgan fingerprint density at radius 1 is 0.793 bits per heavy atom. The summed E-state index contributed by atoms with van der Waals surface area (Å²) in [5.74, 6) is -6.41. The number of anilines is 1. The number of hydrogen-bond donors (Lipinski definition) is 5. The Bertz CT molecular complexity index is 4070. The fraction of sp³-hybridized carbons (Fsp3) is 0.348. The first-order valence-electron chi connectivity index (χ1n) is 29.2. The zero-order chi connectivity index (χ0) is 66.1. The van der Waals surface area contributed by atoms with Crippen molar-refractivity contribution in [2.45, 2.75) is 120 Å². The van der Waals surface area contributed by atoms with E-state index in [4.69, 9.17) is 32.8 Å². The second-order valence-corrected chi connectivity index (χ2v) is 25.2. The van der Waals surface area contributed by atoms with Crippen LogP contribution in [0.3, 0.4) is 0 Å². The van der Waals surface area contributed by atoms with Crippen LogP contribution in [0.5, 0.6) is 5.88 Å². The molecule has 4 aromatic carbocycles. The number of rotatable bonds is 16. The summed E-state index contributed by atoms with van der Waals surface area (Å²) in [4.78, 5) is 95.9. The first kappa shape index (κ1) is 65.4. The van der Waals surface area contributed by atoms with Crippen LogP contribution in [0.25, 0.3) is 22.7 Å². The van der Waals surface area contributed by atoms with Crippen LogP contribution < -0.4 is 14.8 Å². The lowest BCUT2D eigenvalue weighted by Crippen LogP contribution is -2.82. The fourth-order valence-corrected chi connectivity index (χ4v) is 14.1. The minimum Gasteiger partial charge on any atom is -0.478 e. The molecule has 0 radical (unpaired) electrons. The highest BCUT2D eigenvalue weighted by Crippen LogP contribution is 2.64. The molecule has 4 heterocycles. The van der Waals surface area contributed by atoms with Gasteiger partial charge in [0.05, 0.1) is 60.3 Å². The number of benzene rings is 4. The number of ketones is 1. The number of aryl methyl sites for hydroxylation is 1. The van der Waals surface area contributed by atoms with Crippen LogP contribution in [0.1, 0.15) is 92.4 Å². The van der Waals surface area contributed by atoms with E-state index in [1.807, 2.05) is 0 Å². The first-order chi connectivity index (χ1) is 43.7. The maximum Gasteiger partial charge on any atom is 0.338 e. The van der Waals surface area contributed by atoms with Gasteiger partial charge in [-0.25, -0.2) is 28.0 Å². The van der Waals surface area contributed by atoms with Crippen LogP contribution in [-0.4, -0.2) is 146 Å². The number of esters is 4. The van der Waals surface area contributed by atoms with Gasteiger partial charge in [0, 0.05) is 55.0 Å². The van der Waals surface area contributed by atoms with Gasteiger partial charge in [-0.1, -0.05) is 92.7 Å². The summed E-state index contributed by atoms with van der Waals surface area (Å²) in [6.45, 7) is 9.70. The van der Waals surface area contributed by atoms with E-state index in [-0.39, 0.29) is 57.6 Å². The van der Waals surface area contributed by atoms with Crippen LogP contribution in [0, 0.1) is 23.7 Å². The van der Waals surface area contributed by atoms with Crippen molar-refractivity contribution >= 4 is 51.4 Å². The second kappa shape index (κ2) is 25.9. The van der Waals surface area contributed by atoms with Gasteiger partial charge in [0.2, 0.25) is 18.1 Å². The summed E-state index contributed by atoms with van der Waals surface area (Å²) < 4.78 is 69.2. The topological polar surface area (TPSA) is 354 Å². The van der Waals surface area contributed by atoms with Gasteiger partial charge in [0.25, 0.3) is 21.8 Å². The van der Waals surface area contributed by atoms with Crippen LogP contribution in [-0.2, 0) is 52.9 Å². The Hall–Kier alpha value is -9.60. The molecule has 2 bridgehead atoms. The quantitative estimate of drug-likeness (QED) is 0.0394. The number of carbonyl (C=O) groups is 6. The summed E-state index contributed by atoms with van der Waals surface area (Å²) in [6, 6.07) is 32.9. The number of methoxy groups -OCH3 is 1. The highest BCUT2D eigenvalue weighted by Gasteiger charge is 2.78. The van der Waals surface area contributed by atoms with Crippen molar-refractivity contribution in [2.75, 3.05) is 18.4 Å². The largest absolute Gasteiger partial charge is 0.478 e. The van der Waals surface area contributed by atoms with Crippen molar-refractivity contribution < 1.29 is 85.3 Å². The molecule has 26 heteroatoms. The van der Waals surface area contributed by atoms with E-state index in [9.17, 15) is 47.7 Å². The molecular weight excluding hydrogens is 1210 g/mol. The standard InChI is InChI=1S/C47H51NO14.C19H16N6O4S/c1-25-31(60-43(56)36(52)35(28-16-10-7-11-17-28)48-41(54)29-18-12-8-13-19-29)23-47(57)40(61-42(55)30-20-14-9-15-21-30)38-45(6,32(51)22-33-46(38,24-58-33)62-27(3)50)39(53)37(59-26(2)49)34(25)44(47,4)5;1-12-10-21-17(19(23-12)28-2)25-30(26,27)15-4-3-9-20-16(15)13-5-7-14(8-6-13)18-24-22-11-29-18/h7-21,31-33,35-38,40,51-52,57H,22-24H2,1-6H3,(H,48,54);3-11H,1-2H3,(H,21,25)/t31-,32-,33+,35-,36+,37+,38-,40-,45+,46-,47+;/m0./s1. The number of hydrogen-bond acceptors (Lipinski definition) is 23. The Balaban J connectivity index is 0.000000257. The number of Topliss-reactive ketones (excluding diaryl/α,β-unsaturated/α-hetero) is 1. The monoisotopic (exact) mass is 1280 g/mol. The molecule has 25 nitrogen and oxygen atoms in total. The number of amides is 1. The molecule has 1 aliphatic heterocycles. The molecule has 11 atom stereocenters. The van der Waals surface area contributed by atoms with Crippen LogP contribution in [0.2, 0.25) is 0 Å². The Morgan fingerprint density at radius 3 is 2.03 bits per heavy atom. The van der Waals surface area contributed by atoms with E-state index in [0.29, 0.717) is 28.3 Å². The summed E-state index contributed by atoms with van der Waals surface area (Å²) >= 11 is 0. The number of fused-ring (bicyclic) bond motifs is 5. The minimum atomic E-state index is -4.03. The average molecular weight is 1280 g/mol. The average Bonchev–Trinajstić information content (AvgIpc) is 0.690. The van der Waals surface area contributed by atoms with Gasteiger partial charge in [-0.2, -0.15) is 0 Å². The molecule has 1 saturated heterocycles. The van der Waals surface area contributed by atoms with Crippen molar-refractivity contribution in [3.05, 3.63) is 180 Å². The molecule has 4 aliphatic rings. The third kappa shape index (κ3) is 12.3. The highest BCUT2D eigenvalue weighted by atomic mass is 32.2. The van der Waals surface area contributed by atoms with Crippen molar-refractivity contribution in [3.8, 4) is 28.6 Å². The zero-order valence-corrected chi connectivity index (χ0v) is 52.0. The molecule has 3 aliphatic carbocycles. The lowest BCUT2D eigenvalue weighted by Gasteiger charge is -2.67. The number of ether oxygens (including phenoxy) is 6. The van der Waals surface area contributed by atoms with Crippen molar-refractivity contribution in [1.82, 2.24) is 30.5 Å². The van der Waals surface area contributed by atoms with Gasteiger partial charge < -0.3 is 53.5 Å². The van der Waals surface area contributed by atoms with E-state index in [0.717, 1.165) is 13.8 Å². The molecule has 11 rings (SSSR count). The molecule has 92 heavy (non-hydrogen) atoms. The fourth-order valence-electron chi connectivity index (χ4n) is 12.9. The van der Waals surface area contributed by atoms with Gasteiger partial charge in [0.15, 0.2) is 23.6 Å². The highest BCUT2D eigenvalue weighted by molar-refractivity contribution is 7.92. The van der Waals surface area contributed by atoms with Gasteiger partial charge in [-0.15, -0.1) is 10.2 Å². The number of pyridine rings is 1. The number of aromatic nitrogens is 5. The lowest BCUT2D eigenvalue weighted by molar-refractivity contribution is -0.346. The number of aliphatic hydroxyl groups is 3. The molecule has 7 aromatic rings. The summed E-state index contributed by atoms with van der Waals surface area (Å²) in [7, 11) is -2.64. The van der Waals surface area contributed by atoms with Crippen molar-refractivity contribution in [2.24, 2.45) is 16.7 Å². The van der Waals surface area contributed by atoms with Crippen molar-refractivity contribution in [3.63, 3.8) is 0 Å². The summed E-state index contributed by atoms with van der Waals surface area (Å²) in [5, 5.41) is 47.7. The Kier molecular flexibility index (Phi) is 18.4. The number of nitrogens with one attached hydrogen (secondary N) is 2. The van der Waals surface area contributed by atoms with E-state index in [1.54, 1.807) is 130 Å². The van der Waals surface area contributed by atoms with E-state index >= 15 is 4.79 Å². The van der Waals surface area contributed by atoms with E-state index < -0.39 is 123 Å². The minimum absolute atomic E-state index is 0.00289. The molecule has 0 unspecified atom stereocenters. The first-order valence-corrected chi connectivity index (χ1v) is 30.7. The van der Waals surface area contributed by atoms with E-state index in [2.05, 4.69) is 35.2 Å². The molecule has 0 spiro atoms. The summed E-state index contributed by atoms with van der Waals surface area (Å²) in [6.07, 6.45) is -6.31. The Labute approximate surface area is 528 Å². The predicted molar refractivity (Wildman–Crippen MR) is 325 cm³/mol. The molecule has 3 fully saturated rings. The number of aliphatic hydroxyl groups excluding tert-OH is 2. The SMILES string of the molecule is CC(=O)O[C@H]1C(=O)[C@@]2(C)[C@H]([C@H](OC(=O)c3ccccc3)[C@]3(O)C[C@H](OC(=O)[C@H](O)[C@@H](NC(=O)c4ccccc4)c4ccccc4)C(C)=C1C3(C)C)[C@]1(OC(C)=O)CO[C@@H]1C[C@@H]2O.COc1nc(C)cnc1NS(=O)(=O)c1cccnc1-c1ccc(-c2nnco2)cc1. The normalized spacial score (nSPS) is 25.1. The van der Waals surface area contributed by atoms with Crippen LogP contribution in [0.15, 0.2) is 167 Å². The zero-order valence-electron chi connectivity index (χ0n) is 51.2. The van der Waals surface area contributed by atoms with Crippen LogP contribution in [0.4, 0.5) is 5.82 Å². The lowest BCUT2D eigenvalue weighted by atomic mass is 9.44. The number of carbonyl (C=O) groups excluding carboxylic acids is 6.